The highest BCUT2D eigenvalue weighted by atomic mass is 16.3. The lowest BCUT2D eigenvalue weighted by atomic mass is 9.69. The van der Waals surface area contributed by atoms with Crippen LogP contribution in [0.4, 0.5) is 0 Å². The summed E-state index contributed by atoms with van der Waals surface area (Å²) in [6.45, 7) is 11.8. The third-order valence-corrected chi connectivity index (χ3v) is 5.55. The van der Waals surface area contributed by atoms with Crippen LogP contribution in [-0.2, 0) is 0 Å². The number of rotatable bonds is 2. The quantitative estimate of drug-likeness (QED) is 0.825. The van der Waals surface area contributed by atoms with E-state index in [9.17, 15) is 5.11 Å². The van der Waals surface area contributed by atoms with E-state index in [1.807, 2.05) is 0 Å². The van der Waals surface area contributed by atoms with Gasteiger partial charge in [-0.25, -0.2) is 0 Å². The van der Waals surface area contributed by atoms with Crippen LogP contribution in [0.15, 0.2) is 0 Å². The van der Waals surface area contributed by atoms with E-state index in [4.69, 9.17) is 0 Å². The first-order valence-electron chi connectivity index (χ1n) is 8.28. The standard InChI is InChI=1S/C17H33NO/c1-13-11-16(19)9-10-18(13)12-14-5-7-15(8-6-14)17(2,3)4/h13-16,19H,5-12H2,1-4H3. The minimum absolute atomic E-state index is 0.0529. The number of piperidine rings is 1. The molecule has 1 aliphatic heterocycles. The lowest BCUT2D eigenvalue weighted by Gasteiger charge is -2.41. The van der Waals surface area contributed by atoms with Gasteiger partial charge in [-0.1, -0.05) is 20.8 Å². The molecule has 19 heavy (non-hydrogen) atoms. The van der Waals surface area contributed by atoms with E-state index in [1.54, 1.807) is 0 Å². The Balaban J connectivity index is 1.76. The number of aliphatic hydroxyl groups excluding tert-OH is 1. The molecule has 1 saturated carbocycles. The van der Waals surface area contributed by atoms with Crippen molar-refractivity contribution in [2.45, 2.75) is 78.4 Å². The molecule has 2 aliphatic rings. The van der Waals surface area contributed by atoms with Crippen LogP contribution in [0.1, 0.15) is 66.2 Å². The summed E-state index contributed by atoms with van der Waals surface area (Å²) >= 11 is 0. The van der Waals surface area contributed by atoms with Gasteiger partial charge in [-0.05, 0) is 62.7 Å². The average Bonchev–Trinajstić information content (AvgIpc) is 2.32. The number of likely N-dealkylation sites (tertiary alicyclic amines) is 1. The summed E-state index contributed by atoms with van der Waals surface area (Å²) in [6, 6.07) is 0.573. The zero-order valence-electron chi connectivity index (χ0n) is 13.4. The molecular weight excluding hydrogens is 234 g/mol. The maximum Gasteiger partial charge on any atom is 0.0567 e. The number of hydrogen-bond acceptors (Lipinski definition) is 2. The Kier molecular flexibility index (Phi) is 4.94. The third-order valence-electron chi connectivity index (χ3n) is 5.55. The summed E-state index contributed by atoms with van der Waals surface area (Å²) in [5.41, 5.74) is 0.494. The number of nitrogens with zero attached hydrogens (tertiary/aromatic N) is 1. The van der Waals surface area contributed by atoms with Crippen LogP contribution < -0.4 is 0 Å². The summed E-state index contributed by atoms with van der Waals surface area (Å²) in [4.78, 5) is 2.62. The van der Waals surface area contributed by atoms with Gasteiger partial charge in [-0.3, -0.25) is 0 Å². The van der Waals surface area contributed by atoms with Crippen molar-refractivity contribution in [2.75, 3.05) is 13.1 Å². The van der Waals surface area contributed by atoms with Gasteiger partial charge in [-0.2, -0.15) is 0 Å². The topological polar surface area (TPSA) is 23.5 Å². The molecule has 0 aromatic heterocycles. The second-order valence-corrected chi connectivity index (χ2v) is 8.11. The van der Waals surface area contributed by atoms with Crippen molar-refractivity contribution in [1.82, 2.24) is 4.90 Å². The van der Waals surface area contributed by atoms with Crippen LogP contribution >= 0.6 is 0 Å². The Morgan fingerprint density at radius 2 is 1.68 bits per heavy atom. The van der Waals surface area contributed by atoms with Crippen LogP contribution in [-0.4, -0.2) is 35.2 Å². The predicted octanol–water partition coefficient (Wildman–Crippen LogP) is 3.68. The second kappa shape index (κ2) is 6.13. The van der Waals surface area contributed by atoms with Gasteiger partial charge in [0.2, 0.25) is 0 Å². The van der Waals surface area contributed by atoms with E-state index in [2.05, 4.69) is 32.6 Å². The molecule has 2 fully saturated rings. The van der Waals surface area contributed by atoms with Crippen molar-refractivity contribution in [3.63, 3.8) is 0 Å². The van der Waals surface area contributed by atoms with Crippen molar-refractivity contribution >= 4 is 0 Å². The molecule has 0 aromatic rings. The van der Waals surface area contributed by atoms with Crippen molar-refractivity contribution in [3.05, 3.63) is 0 Å². The van der Waals surface area contributed by atoms with Gasteiger partial charge in [-0.15, -0.1) is 0 Å². The Bertz CT molecular complexity index is 275. The van der Waals surface area contributed by atoms with Gasteiger partial charge in [0.05, 0.1) is 6.10 Å². The lowest BCUT2D eigenvalue weighted by molar-refractivity contribution is 0.0311. The molecule has 112 valence electrons. The smallest absolute Gasteiger partial charge is 0.0567 e. The van der Waals surface area contributed by atoms with Gasteiger partial charge < -0.3 is 10.0 Å². The molecule has 2 unspecified atom stereocenters. The fraction of sp³-hybridized carbons (Fsp3) is 1.00. The maximum absolute atomic E-state index is 9.70. The second-order valence-electron chi connectivity index (χ2n) is 8.11. The highest BCUT2D eigenvalue weighted by molar-refractivity contribution is 4.84. The van der Waals surface area contributed by atoms with Crippen LogP contribution in [0.25, 0.3) is 0 Å². The van der Waals surface area contributed by atoms with Gasteiger partial charge >= 0.3 is 0 Å². The molecule has 2 nitrogen and oxygen atoms in total. The lowest BCUT2D eigenvalue weighted by Crippen LogP contribution is -2.45. The highest BCUT2D eigenvalue weighted by Gasteiger charge is 2.32. The van der Waals surface area contributed by atoms with Crippen LogP contribution in [0.5, 0.6) is 0 Å². The summed E-state index contributed by atoms with van der Waals surface area (Å²) < 4.78 is 0. The molecule has 0 aromatic carbocycles. The van der Waals surface area contributed by atoms with E-state index in [-0.39, 0.29) is 6.10 Å². The summed E-state index contributed by atoms with van der Waals surface area (Å²) in [6.07, 6.45) is 7.54. The molecule has 0 radical (unpaired) electrons. The molecule has 1 saturated heterocycles. The van der Waals surface area contributed by atoms with E-state index in [1.165, 1.54) is 32.2 Å². The van der Waals surface area contributed by atoms with E-state index in [0.717, 1.165) is 31.2 Å². The van der Waals surface area contributed by atoms with Gasteiger partial charge in [0.1, 0.15) is 0 Å². The monoisotopic (exact) mass is 267 g/mol. The Hall–Kier alpha value is -0.0800. The van der Waals surface area contributed by atoms with Crippen LogP contribution in [0.3, 0.4) is 0 Å². The Morgan fingerprint density at radius 3 is 2.21 bits per heavy atom. The van der Waals surface area contributed by atoms with Crippen molar-refractivity contribution in [2.24, 2.45) is 17.3 Å². The van der Waals surface area contributed by atoms with Gasteiger partial charge in [0.25, 0.3) is 0 Å². The average molecular weight is 267 g/mol. The fourth-order valence-electron chi connectivity index (χ4n) is 4.01. The van der Waals surface area contributed by atoms with Crippen LogP contribution in [0, 0.1) is 17.3 Å². The van der Waals surface area contributed by atoms with Gasteiger partial charge in [0, 0.05) is 19.1 Å². The van der Waals surface area contributed by atoms with E-state index < -0.39 is 0 Å². The van der Waals surface area contributed by atoms with Crippen molar-refractivity contribution in [3.8, 4) is 0 Å². The molecule has 0 spiro atoms. The Labute approximate surface area is 119 Å². The van der Waals surface area contributed by atoms with E-state index in [0.29, 0.717) is 11.5 Å². The molecule has 1 N–H and O–H groups in total. The van der Waals surface area contributed by atoms with Crippen LogP contribution in [0.2, 0.25) is 0 Å². The van der Waals surface area contributed by atoms with Gasteiger partial charge in [0.15, 0.2) is 0 Å². The fourth-order valence-corrected chi connectivity index (χ4v) is 4.01. The van der Waals surface area contributed by atoms with Crippen molar-refractivity contribution < 1.29 is 5.11 Å². The summed E-state index contributed by atoms with van der Waals surface area (Å²) in [7, 11) is 0. The first-order valence-corrected chi connectivity index (χ1v) is 8.28. The van der Waals surface area contributed by atoms with Crippen molar-refractivity contribution in [1.29, 1.82) is 0 Å². The molecule has 1 aliphatic carbocycles. The first kappa shape index (κ1) is 15.3. The first-order chi connectivity index (χ1) is 8.86. The summed E-state index contributed by atoms with van der Waals surface area (Å²) in [5, 5.41) is 9.70. The minimum atomic E-state index is -0.0529. The third kappa shape index (κ3) is 4.19. The molecule has 1 heterocycles. The largest absolute Gasteiger partial charge is 0.393 e. The number of aliphatic hydroxyl groups is 1. The molecule has 0 bridgehead atoms. The molecule has 2 atom stereocenters. The maximum atomic E-state index is 9.70. The zero-order chi connectivity index (χ0) is 14.0. The molecular formula is C17H33NO. The molecule has 0 amide bonds. The Morgan fingerprint density at radius 1 is 1.05 bits per heavy atom. The predicted molar refractivity (Wildman–Crippen MR) is 81.2 cm³/mol. The summed E-state index contributed by atoms with van der Waals surface area (Å²) in [5.74, 6) is 1.82. The van der Waals surface area contributed by atoms with E-state index >= 15 is 0 Å². The highest BCUT2D eigenvalue weighted by Crippen LogP contribution is 2.40. The normalized spacial score (nSPS) is 38.4. The number of hydrogen-bond donors (Lipinski definition) is 1. The molecule has 2 heteroatoms. The minimum Gasteiger partial charge on any atom is -0.393 e. The SMILES string of the molecule is CC1CC(O)CCN1CC1CCC(C(C)(C)C)CC1. The molecule has 2 rings (SSSR count). The zero-order valence-corrected chi connectivity index (χ0v) is 13.4.